The molecule has 26 heavy (non-hydrogen) atoms. The molecule has 1 atom stereocenters. The number of amides is 1. The maximum atomic E-state index is 12.7. The second-order valence-electron chi connectivity index (χ2n) is 6.24. The van der Waals surface area contributed by atoms with E-state index >= 15 is 0 Å². The van der Waals surface area contributed by atoms with Crippen molar-refractivity contribution < 1.29 is 4.79 Å². The van der Waals surface area contributed by atoms with Crippen molar-refractivity contribution in [1.82, 2.24) is 15.2 Å². The Balaban J connectivity index is 1.45. The van der Waals surface area contributed by atoms with Crippen molar-refractivity contribution in [1.29, 1.82) is 0 Å². The van der Waals surface area contributed by atoms with E-state index in [0.29, 0.717) is 5.16 Å². The minimum atomic E-state index is -0.138. The fraction of sp³-hybridized carbons (Fsp3) is 0.250. The van der Waals surface area contributed by atoms with Gasteiger partial charge in [-0.2, -0.15) is 0 Å². The van der Waals surface area contributed by atoms with Crippen LogP contribution in [0.1, 0.15) is 18.9 Å². The molecule has 0 spiro atoms. The molecule has 1 aliphatic heterocycles. The molecule has 1 unspecified atom stereocenters. The van der Waals surface area contributed by atoms with E-state index < -0.39 is 0 Å². The number of thioether (sulfide) groups is 1. The number of H-pyrrole nitrogens is 1. The van der Waals surface area contributed by atoms with Gasteiger partial charge in [-0.25, -0.2) is 4.98 Å². The van der Waals surface area contributed by atoms with E-state index in [0.717, 1.165) is 36.5 Å². The first-order valence-corrected chi connectivity index (χ1v) is 9.67. The fourth-order valence-electron chi connectivity index (χ4n) is 3.08. The topological polar surface area (TPSA) is 61.9 Å². The number of anilines is 1. The largest absolute Gasteiger partial charge is 0.311 e. The van der Waals surface area contributed by atoms with Gasteiger partial charge in [-0.15, -0.1) is 5.10 Å². The number of benzene rings is 2. The molecule has 1 N–H and O–H groups in total. The molecule has 5 nitrogen and oxygen atoms in total. The second-order valence-corrected chi connectivity index (χ2v) is 7.41. The van der Waals surface area contributed by atoms with Crippen LogP contribution in [0.3, 0.4) is 0 Å². The molecule has 0 bridgehead atoms. The summed E-state index contributed by atoms with van der Waals surface area (Å²) >= 11 is 1.44. The molecule has 1 aliphatic rings. The normalized spacial score (nSPS) is 17.0. The Morgan fingerprint density at radius 1 is 1.15 bits per heavy atom. The van der Waals surface area contributed by atoms with Gasteiger partial charge in [-0.3, -0.25) is 9.89 Å². The molecule has 0 radical (unpaired) electrons. The van der Waals surface area contributed by atoms with E-state index in [4.69, 9.17) is 0 Å². The molecule has 1 fully saturated rings. The van der Waals surface area contributed by atoms with Crippen LogP contribution < -0.4 is 4.90 Å². The number of hydrogen-bond acceptors (Lipinski definition) is 4. The molecule has 2 heterocycles. The summed E-state index contributed by atoms with van der Waals surface area (Å²) in [5.41, 5.74) is 3.25. The van der Waals surface area contributed by atoms with E-state index in [1.54, 1.807) is 0 Å². The third-order valence-electron chi connectivity index (χ3n) is 4.57. The van der Waals surface area contributed by atoms with Crippen molar-refractivity contribution >= 4 is 23.4 Å². The van der Waals surface area contributed by atoms with Crippen LogP contribution in [-0.4, -0.2) is 32.9 Å². The van der Waals surface area contributed by atoms with E-state index in [9.17, 15) is 4.79 Å². The zero-order chi connectivity index (χ0) is 17.9. The monoisotopic (exact) mass is 364 g/mol. The van der Waals surface area contributed by atoms with Gasteiger partial charge in [0.15, 0.2) is 5.82 Å². The number of aromatic amines is 1. The van der Waals surface area contributed by atoms with E-state index in [1.165, 1.54) is 17.3 Å². The number of rotatable bonds is 5. The summed E-state index contributed by atoms with van der Waals surface area (Å²) in [5, 5.41) is 7.75. The smallest absolute Gasteiger partial charge is 0.240 e. The van der Waals surface area contributed by atoms with Gasteiger partial charge >= 0.3 is 0 Å². The highest BCUT2D eigenvalue weighted by Crippen LogP contribution is 2.32. The first-order valence-electron chi connectivity index (χ1n) is 8.79. The Bertz CT molecular complexity index is 892. The van der Waals surface area contributed by atoms with Crippen LogP contribution >= 0.6 is 11.8 Å². The molecule has 1 aromatic heterocycles. The van der Waals surface area contributed by atoms with Gasteiger partial charge in [0, 0.05) is 17.8 Å². The van der Waals surface area contributed by atoms with Crippen molar-refractivity contribution in [2.24, 2.45) is 0 Å². The maximum Gasteiger partial charge on any atom is 0.240 e. The highest BCUT2D eigenvalue weighted by atomic mass is 32.2. The van der Waals surface area contributed by atoms with Crippen LogP contribution in [0, 0.1) is 0 Å². The van der Waals surface area contributed by atoms with Crippen LogP contribution in [0.4, 0.5) is 5.69 Å². The zero-order valence-electron chi connectivity index (χ0n) is 14.6. The highest BCUT2D eigenvalue weighted by molar-refractivity contribution is 8.00. The van der Waals surface area contributed by atoms with Gasteiger partial charge in [0.25, 0.3) is 0 Å². The van der Waals surface area contributed by atoms with Crippen LogP contribution in [0.5, 0.6) is 0 Å². The van der Waals surface area contributed by atoms with Crippen LogP contribution in [0.15, 0.2) is 59.8 Å². The van der Waals surface area contributed by atoms with Crippen molar-refractivity contribution in [3.8, 4) is 11.4 Å². The Labute approximate surface area is 156 Å². The van der Waals surface area contributed by atoms with Crippen molar-refractivity contribution in [3.05, 3.63) is 60.2 Å². The van der Waals surface area contributed by atoms with Crippen LogP contribution in [0.25, 0.3) is 11.4 Å². The Hall–Kier alpha value is -2.60. The van der Waals surface area contributed by atoms with Crippen molar-refractivity contribution in [2.45, 2.75) is 30.2 Å². The number of carbonyl (C=O) groups is 1. The average molecular weight is 364 g/mol. The molecule has 1 amide bonds. The molecule has 132 valence electrons. The molecule has 3 aromatic rings. The Morgan fingerprint density at radius 3 is 2.65 bits per heavy atom. The number of nitrogens with one attached hydrogen (secondary N) is 1. The summed E-state index contributed by atoms with van der Waals surface area (Å²) in [6.45, 7) is 2.87. The number of aromatic nitrogens is 3. The third-order valence-corrected chi connectivity index (χ3v) is 5.69. The van der Waals surface area contributed by atoms with Gasteiger partial charge < -0.3 is 4.90 Å². The second kappa shape index (κ2) is 7.33. The molecular formula is C20H20N4OS. The van der Waals surface area contributed by atoms with Gasteiger partial charge in [0.1, 0.15) is 0 Å². The number of aryl methyl sites for hydroxylation is 1. The molecule has 4 rings (SSSR count). The lowest BCUT2D eigenvalue weighted by molar-refractivity contribution is -0.116. The molecule has 2 aromatic carbocycles. The van der Waals surface area contributed by atoms with Crippen LogP contribution in [-0.2, 0) is 11.2 Å². The minimum absolute atomic E-state index is 0.125. The lowest BCUT2D eigenvalue weighted by atomic mass is 10.1. The summed E-state index contributed by atoms with van der Waals surface area (Å²) in [7, 11) is 0. The molecule has 0 saturated carbocycles. The predicted octanol–water partition coefficient (Wildman–Crippen LogP) is 3.93. The standard InChI is InChI=1S/C20H20N4OS/c1-2-14-8-10-15(11-9-14)18-21-20(23-22-18)26-17-12-13-24(19(17)25)16-6-4-3-5-7-16/h3-11,17H,2,12-13H2,1H3,(H,21,22,23). The zero-order valence-corrected chi connectivity index (χ0v) is 15.4. The minimum Gasteiger partial charge on any atom is -0.311 e. The lowest BCUT2D eigenvalue weighted by Crippen LogP contribution is -2.27. The van der Waals surface area contributed by atoms with Crippen molar-refractivity contribution in [3.63, 3.8) is 0 Å². The fourth-order valence-corrected chi connectivity index (χ4v) is 4.03. The third kappa shape index (κ3) is 3.37. The molecule has 6 heteroatoms. The van der Waals surface area contributed by atoms with Crippen LogP contribution in [0.2, 0.25) is 0 Å². The average Bonchev–Trinajstić information content (AvgIpc) is 3.30. The van der Waals surface area contributed by atoms with Gasteiger partial charge in [-0.05, 0) is 30.5 Å². The summed E-state index contributed by atoms with van der Waals surface area (Å²) in [4.78, 5) is 19.1. The molecule has 0 aliphatic carbocycles. The summed E-state index contributed by atoms with van der Waals surface area (Å²) < 4.78 is 0. The maximum absolute atomic E-state index is 12.7. The Morgan fingerprint density at radius 2 is 1.92 bits per heavy atom. The van der Waals surface area contributed by atoms with Gasteiger partial charge in [-0.1, -0.05) is 61.2 Å². The summed E-state index contributed by atoms with van der Waals surface area (Å²) in [6.07, 6.45) is 1.81. The van der Waals surface area contributed by atoms with Gasteiger partial charge in [0.05, 0.1) is 5.25 Å². The predicted molar refractivity (Wildman–Crippen MR) is 104 cm³/mol. The number of carbonyl (C=O) groups excluding carboxylic acids is 1. The molecule has 1 saturated heterocycles. The summed E-state index contributed by atoms with van der Waals surface area (Å²) in [5.74, 6) is 0.861. The van der Waals surface area contributed by atoms with E-state index in [1.807, 2.05) is 47.4 Å². The Kier molecular flexibility index (Phi) is 4.75. The van der Waals surface area contributed by atoms with E-state index in [-0.39, 0.29) is 11.2 Å². The first kappa shape index (κ1) is 16.8. The summed E-state index contributed by atoms with van der Waals surface area (Å²) in [6, 6.07) is 18.1. The molecular weight excluding hydrogens is 344 g/mol. The lowest BCUT2D eigenvalue weighted by Gasteiger charge is -2.16. The number of nitrogens with zero attached hydrogens (tertiary/aromatic N) is 3. The van der Waals surface area contributed by atoms with Crippen molar-refractivity contribution in [2.75, 3.05) is 11.4 Å². The quantitative estimate of drug-likeness (QED) is 0.745. The van der Waals surface area contributed by atoms with Gasteiger partial charge in [0.2, 0.25) is 11.1 Å². The first-order chi connectivity index (χ1) is 12.7. The number of hydrogen-bond donors (Lipinski definition) is 1. The van der Waals surface area contributed by atoms with E-state index in [2.05, 4.69) is 34.2 Å². The highest BCUT2D eigenvalue weighted by Gasteiger charge is 2.34. The SMILES string of the molecule is CCc1ccc(-c2nc(SC3CCN(c4ccccc4)C3=O)n[nH]2)cc1. The number of para-hydroxylation sites is 1.